The summed E-state index contributed by atoms with van der Waals surface area (Å²) in [7, 11) is 1.37. The molecule has 0 amide bonds. The summed E-state index contributed by atoms with van der Waals surface area (Å²) in [5.41, 5.74) is 0.287. The molecule has 12 nitrogen and oxygen atoms in total. The Labute approximate surface area is 257 Å². The standard InChI is InChI=1S/C32H42N2O10/c1-18(2)29(37)44-26-19(3)42-31(39)22(17-41-30(38)21(26)15-20-11-9-8-10-12-20)34-28(36)25-27(23(40-7)13-14-33-25)43-24(35)16-32(4,5)6/h8-14,18-19,21-22,26,28,34,36H,15-17H2,1-7H3/t19-,21+,22-,26-,28?/m0/s1. The fourth-order valence-electron chi connectivity index (χ4n) is 4.52. The van der Waals surface area contributed by atoms with Crippen LogP contribution in [0.15, 0.2) is 42.6 Å². The fraction of sp³-hybridized carbons (Fsp3) is 0.531. The minimum absolute atomic E-state index is 0.0729. The number of rotatable bonds is 10. The lowest BCUT2D eigenvalue weighted by Crippen LogP contribution is -2.46. The number of pyridine rings is 1. The van der Waals surface area contributed by atoms with E-state index in [-0.39, 0.29) is 35.4 Å². The van der Waals surface area contributed by atoms with Crippen molar-refractivity contribution in [3.63, 3.8) is 0 Å². The maximum absolute atomic E-state index is 13.5. The number of methoxy groups -OCH3 is 1. The summed E-state index contributed by atoms with van der Waals surface area (Å²) in [5, 5.41) is 13.8. The molecule has 0 radical (unpaired) electrons. The minimum Gasteiger partial charge on any atom is -0.493 e. The van der Waals surface area contributed by atoms with E-state index >= 15 is 0 Å². The summed E-state index contributed by atoms with van der Waals surface area (Å²) in [6.07, 6.45) is -2.29. The Balaban J connectivity index is 1.88. The van der Waals surface area contributed by atoms with Crippen LogP contribution in [-0.4, -0.2) is 65.9 Å². The normalized spacial score (nSPS) is 21.7. The molecule has 44 heavy (non-hydrogen) atoms. The Kier molecular flexibility index (Phi) is 11.8. The van der Waals surface area contributed by atoms with Crippen LogP contribution in [0.2, 0.25) is 0 Å². The Morgan fingerprint density at radius 1 is 1.11 bits per heavy atom. The molecule has 2 N–H and O–H groups in total. The van der Waals surface area contributed by atoms with Gasteiger partial charge in [0.25, 0.3) is 0 Å². The molecule has 0 saturated carbocycles. The number of hydrogen-bond donors (Lipinski definition) is 2. The molecule has 1 aromatic heterocycles. The second-order valence-electron chi connectivity index (χ2n) is 12.2. The van der Waals surface area contributed by atoms with Gasteiger partial charge in [0.2, 0.25) is 0 Å². The van der Waals surface area contributed by atoms with Crippen LogP contribution in [0.25, 0.3) is 0 Å². The van der Waals surface area contributed by atoms with Crippen LogP contribution in [0.5, 0.6) is 11.5 Å². The van der Waals surface area contributed by atoms with Crippen molar-refractivity contribution in [1.82, 2.24) is 10.3 Å². The predicted molar refractivity (Wildman–Crippen MR) is 157 cm³/mol. The lowest BCUT2D eigenvalue weighted by molar-refractivity contribution is -0.176. The molecule has 0 aliphatic carbocycles. The molecule has 1 aromatic carbocycles. The van der Waals surface area contributed by atoms with Crippen LogP contribution in [-0.2, 0) is 39.8 Å². The maximum atomic E-state index is 13.5. The smallest absolute Gasteiger partial charge is 0.327 e. The van der Waals surface area contributed by atoms with Crippen molar-refractivity contribution in [3.05, 3.63) is 53.9 Å². The van der Waals surface area contributed by atoms with E-state index in [1.165, 1.54) is 26.3 Å². The van der Waals surface area contributed by atoms with E-state index in [2.05, 4.69) is 10.3 Å². The van der Waals surface area contributed by atoms with Crippen molar-refractivity contribution in [2.24, 2.45) is 17.3 Å². The van der Waals surface area contributed by atoms with E-state index in [1.807, 2.05) is 51.1 Å². The fourth-order valence-corrected chi connectivity index (χ4v) is 4.52. The van der Waals surface area contributed by atoms with Gasteiger partial charge in [-0.1, -0.05) is 65.0 Å². The van der Waals surface area contributed by atoms with Gasteiger partial charge in [-0.05, 0) is 24.3 Å². The SMILES string of the molecule is COc1ccnc(C(O)N[C@H]2COC(=O)[C@H](Cc3ccccc3)[C@@H](OC(=O)C(C)C)[C@H](C)OC2=O)c1OC(=O)CC(C)(C)C. The van der Waals surface area contributed by atoms with Gasteiger partial charge in [0, 0.05) is 12.3 Å². The number of aliphatic hydroxyl groups is 1. The molecule has 12 heteroatoms. The number of benzene rings is 1. The third-order valence-corrected chi connectivity index (χ3v) is 6.79. The molecular formula is C32H42N2O10. The molecule has 1 unspecified atom stereocenters. The molecule has 5 atom stereocenters. The quantitative estimate of drug-likeness (QED) is 0.229. The van der Waals surface area contributed by atoms with Crippen molar-refractivity contribution >= 4 is 23.9 Å². The third-order valence-electron chi connectivity index (χ3n) is 6.79. The topological polar surface area (TPSA) is 160 Å². The number of carbonyl (C=O) groups excluding carboxylic acids is 4. The first kappa shape index (κ1) is 34.5. The van der Waals surface area contributed by atoms with Crippen molar-refractivity contribution in [1.29, 1.82) is 0 Å². The number of esters is 4. The monoisotopic (exact) mass is 614 g/mol. The number of ether oxygens (including phenoxy) is 5. The molecule has 2 aromatic rings. The molecule has 1 fully saturated rings. The number of carbonyl (C=O) groups is 4. The Morgan fingerprint density at radius 2 is 1.80 bits per heavy atom. The number of aliphatic hydroxyl groups excluding tert-OH is 1. The molecule has 1 aliphatic heterocycles. The molecule has 240 valence electrons. The van der Waals surface area contributed by atoms with Crippen LogP contribution in [0.4, 0.5) is 0 Å². The molecule has 3 rings (SSSR count). The number of nitrogens with one attached hydrogen (secondary N) is 1. The Morgan fingerprint density at radius 3 is 2.41 bits per heavy atom. The van der Waals surface area contributed by atoms with Crippen LogP contribution in [0.3, 0.4) is 0 Å². The number of hydrogen-bond acceptors (Lipinski definition) is 12. The Hall–Kier alpha value is -4.03. The average Bonchev–Trinajstić information content (AvgIpc) is 2.98. The second kappa shape index (κ2) is 15.1. The highest BCUT2D eigenvalue weighted by atomic mass is 16.6. The zero-order chi connectivity index (χ0) is 32.6. The van der Waals surface area contributed by atoms with Crippen molar-refractivity contribution in [2.75, 3.05) is 13.7 Å². The van der Waals surface area contributed by atoms with Crippen molar-refractivity contribution in [2.45, 2.75) is 78.9 Å². The number of nitrogens with zero attached hydrogens (tertiary/aromatic N) is 1. The molecular weight excluding hydrogens is 572 g/mol. The summed E-state index contributed by atoms with van der Waals surface area (Å²) in [6, 6.07) is 9.21. The lowest BCUT2D eigenvalue weighted by atomic mass is 9.91. The third kappa shape index (κ3) is 9.48. The molecule has 1 aliphatic rings. The molecule has 2 heterocycles. The van der Waals surface area contributed by atoms with E-state index in [4.69, 9.17) is 23.7 Å². The maximum Gasteiger partial charge on any atom is 0.327 e. The summed E-state index contributed by atoms with van der Waals surface area (Å²) in [5.74, 6) is -4.20. The predicted octanol–water partition coefficient (Wildman–Crippen LogP) is 3.30. The summed E-state index contributed by atoms with van der Waals surface area (Å²) in [6.45, 7) is 9.93. The largest absolute Gasteiger partial charge is 0.493 e. The van der Waals surface area contributed by atoms with E-state index in [0.29, 0.717) is 0 Å². The van der Waals surface area contributed by atoms with Crippen LogP contribution in [0, 0.1) is 17.3 Å². The van der Waals surface area contributed by atoms with Gasteiger partial charge in [0.1, 0.15) is 30.4 Å². The first-order valence-corrected chi connectivity index (χ1v) is 14.5. The van der Waals surface area contributed by atoms with Crippen molar-refractivity contribution < 1.29 is 48.0 Å². The van der Waals surface area contributed by atoms with Crippen molar-refractivity contribution in [3.8, 4) is 11.5 Å². The summed E-state index contributed by atoms with van der Waals surface area (Å²) >= 11 is 0. The summed E-state index contributed by atoms with van der Waals surface area (Å²) < 4.78 is 27.8. The first-order valence-electron chi connectivity index (χ1n) is 14.5. The number of cyclic esters (lactones) is 2. The zero-order valence-electron chi connectivity index (χ0n) is 26.2. The van der Waals surface area contributed by atoms with Gasteiger partial charge in [-0.2, -0.15) is 0 Å². The summed E-state index contributed by atoms with van der Waals surface area (Å²) in [4.78, 5) is 56.2. The van der Waals surface area contributed by atoms with Crippen LogP contribution >= 0.6 is 0 Å². The molecule has 1 saturated heterocycles. The zero-order valence-corrected chi connectivity index (χ0v) is 26.2. The Bertz CT molecular complexity index is 1310. The molecule has 0 spiro atoms. The average molecular weight is 615 g/mol. The lowest BCUT2D eigenvalue weighted by Gasteiger charge is -2.29. The van der Waals surface area contributed by atoms with E-state index in [0.717, 1.165) is 5.56 Å². The second-order valence-corrected chi connectivity index (χ2v) is 12.2. The van der Waals surface area contributed by atoms with Gasteiger partial charge in [0.15, 0.2) is 23.8 Å². The van der Waals surface area contributed by atoms with Gasteiger partial charge < -0.3 is 28.8 Å². The van der Waals surface area contributed by atoms with Gasteiger partial charge in [-0.3, -0.25) is 29.5 Å². The highest BCUT2D eigenvalue weighted by Gasteiger charge is 2.42. The van der Waals surface area contributed by atoms with Gasteiger partial charge in [-0.15, -0.1) is 0 Å². The first-order chi connectivity index (χ1) is 20.7. The van der Waals surface area contributed by atoms with Gasteiger partial charge in [0.05, 0.1) is 19.4 Å². The van der Waals surface area contributed by atoms with Crippen LogP contribution in [0.1, 0.15) is 65.4 Å². The number of aromatic nitrogens is 1. The highest BCUT2D eigenvalue weighted by Crippen LogP contribution is 2.34. The van der Waals surface area contributed by atoms with E-state index < -0.39 is 66.8 Å². The van der Waals surface area contributed by atoms with Crippen LogP contribution < -0.4 is 14.8 Å². The molecule has 0 bridgehead atoms. The minimum atomic E-state index is -1.68. The highest BCUT2D eigenvalue weighted by molar-refractivity contribution is 5.80. The van der Waals surface area contributed by atoms with E-state index in [9.17, 15) is 24.3 Å². The van der Waals surface area contributed by atoms with Gasteiger partial charge >= 0.3 is 23.9 Å². The van der Waals surface area contributed by atoms with E-state index in [1.54, 1.807) is 13.8 Å². The van der Waals surface area contributed by atoms with Gasteiger partial charge in [-0.25, -0.2) is 0 Å².